The quantitative estimate of drug-likeness (QED) is 0.488. The standard InChI is InChI=1S/C14H18F3IN2OSi/c1-13(2,3)22(4,5)21-8-6-9-11(19-20-12(9)18)10(7-8)14(15,16)17/h6-7H,1-5H3,(H,19,20). The average Bonchev–Trinajstić information content (AvgIpc) is 2.67. The van der Waals surface area contributed by atoms with Crippen LogP contribution in [0.4, 0.5) is 13.2 Å². The number of nitrogens with one attached hydrogen (secondary N) is 1. The third-order valence-electron chi connectivity index (χ3n) is 4.07. The molecule has 0 radical (unpaired) electrons. The summed E-state index contributed by atoms with van der Waals surface area (Å²) in [6, 6.07) is 2.69. The molecule has 0 aliphatic heterocycles. The highest BCUT2D eigenvalue weighted by Crippen LogP contribution is 2.41. The number of hydrogen-bond acceptors (Lipinski definition) is 2. The fourth-order valence-corrected chi connectivity index (χ4v) is 3.33. The van der Waals surface area contributed by atoms with E-state index in [2.05, 4.69) is 10.2 Å². The highest BCUT2D eigenvalue weighted by atomic mass is 127. The topological polar surface area (TPSA) is 37.9 Å². The van der Waals surface area contributed by atoms with Crippen LogP contribution in [0.25, 0.3) is 10.9 Å². The van der Waals surface area contributed by atoms with Crippen molar-refractivity contribution in [2.75, 3.05) is 0 Å². The first-order chi connectivity index (χ1) is 9.83. The third kappa shape index (κ3) is 3.27. The molecule has 0 fully saturated rings. The molecule has 122 valence electrons. The molecule has 1 aromatic heterocycles. The molecule has 2 aromatic rings. The number of rotatable bonds is 2. The normalized spacial score (nSPS) is 13.7. The Morgan fingerprint density at radius 3 is 2.27 bits per heavy atom. The molecular formula is C14H18F3IN2OSi. The van der Waals surface area contributed by atoms with Gasteiger partial charge in [-0.15, -0.1) is 0 Å². The Hall–Kier alpha value is -0.773. The Kier molecular flexibility index (Phi) is 4.31. The zero-order valence-electron chi connectivity index (χ0n) is 13.0. The second-order valence-electron chi connectivity index (χ2n) is 6.76. The zero-order valence-corrected chi connectivity index (χ0v) is 16.2. The SMILES string of the molecule is CC(C)(C)[Si](C)(C)Oc1cc(C(F)(F)F)c2n[nH]c(I)c2c1. The van der Waals surface area contributed by atoms with Crippen LogP contribution in [0.1, 0.15) is 26.3 Å². The molecule has 2 rings (SSSR count). The predicted molar refractivity (Wildman–Crippen MR) is 91.6 cm³/mol. The van der Waals surface area contributed by atoms with Gasteiger partial charge in [-0.05, 0) is 52.9 Å². The van der Waals surface area contributed by atoms with Gasteiger partial charge in [0.2, 0.25) is 8.32 Å². The maximum Gasteiger partial charge on any atom is 0.418 e. The van der Waals surface area contributed by atoms with E-state index in [0.29, 0.717) is 9.09 Å². The van der Waals surface area contributed by atoms with Crippen molar-refractivity contribution in [2.24, 2.45) is 0 Å². The van der Waals surface area contributed by atoms with Crippen molar-refractivity contribution in [1.29, 1.82) is 0 Å². The first-order valence-electron chi connectivity index (χ1n) is 6.77. The van der Waals surface area contributed by atoms with Crippen LogP contribution in [-0.4, -0.2) is 18.5 Å². The molecule has 0 amide bonds. The number of alkyl halides is 3. The fraction of sp³-hybridized carbons (Fsp3) is 0.500. The van der Waals surface area contributed by atoms with Gasteiger partial charge >= 0.3 is 6.18 Å². The number of H-pyrrole nitrogens is 1. The van der Waals surface area contributed by atoms with Gasteiger partial charge in [0.15, 0.2) is 0 Å². The minimum atomic E-state index is -4.47. The lowest BCUT2D eigenvalue weighted by Crippen LogP contribution is -2.43. The molecule has 3 nitrogen and oxygen atoms in total. The molecule has 22 heavy (non-hydrogen) atoms. The van der Waals surface area contributed by atoms with Gasteiger partial charge in [0.05, 0.1) is 5.56 Å². The minimum absolute atomic E-state index is 0.0699. The van der Waals surface area contributed by atoms with E-state index in [-0.39, 0.29) is 16.3 Å². The van der Waals surface area contributed by atoms with Gasteiger partial charge in [0.1, 0.15) is 15.0 Å². The lowest BCUT2D eigenvalue weighted by atomic mass is 10.1. The molecule has 1 N–H and O–H groups in total. The molecule has 8 heteroatoms. The summed E-state index contributed by atoms with van der Waals surface area (Å²) in [6.07, 6.45) is -4.47. The summed E-state index contributed by atoms with van der Waals surface area (Å²) in [5, 5.41) is 6.72. The highest BCUT2D eigenvalue weighted by molar-refractivity contribution is 14.1. The van der Waals surface area contributed by atoms with Crippen LogP contribution in [-0.2, 0) is 6.18 Å². The molecule has 1 aromatic carbocycles. The molecule has 1 heterocycles. The highest BCUT2D eigenvalue weighted by Gasteiger charge is 2.40. The Morgan fingerprint density at radius 1 is 1.18 bits per heavy atom. The van der Waals surface area contributed by atoms with Crippen LogP contribution in [0, 0.1) is 3.70 Å². The van der Waals surface area contributed by atoms with Gasteiger partial charge in [0.25, 0.3) is 0 Å². The summed E-state index contributed by atoms with van der Waals surface area (Å²) in [5.41, 5.74) is -0.836. The number of aromatic amines is 1. The summed E-state index contributed by atoms with van der Waals surface area (Å²) in [4.78, 5) is 0. The van der Waals surface area contributed by atoms with Gasteiger partial charge in [-0.3, -0.25) is 5.10 Å². The van der Waals surface area contributed by atoms with Crippen molar-refractivity contribution in [2.45, 2.75) is 45.1 Å². The van der Waals surface area contributed by atoms with Gasteiger partial charge in [-0.25, -0.2) is 0 Å². The predicted octanol–water partition coefficient (Wildman–Crippen LogP) is 5.57. The van der Waals surface area contributed by atoms with Crippen molar-refractivity contribution in [3.05, 3.63) is 21.4 Å². The Balaban J connectivity index is 2.59. The van der Waals surface area contributed by atoms with Crippen LogP contribution in [0.5, 0.6) is 5.75 Å². The first-order valence-corrected chi connectivity index (χ1v) is 10.8. The summed E-state index contributed by atoms with van der Waals surface area (Å²) in [6.45, 7) is 10.1. The van der Waals surface area contributed by atoms with E-state index < -0.39 is 20.1 Å². The molecule has 0 atom stereocenters. The maximum absolute atomic E-state index is 13.3. The van der Waals surface area contributed by atoms with E-state index in [0.717, 1.165) is 6.07 Å². The number of fused-ring (bicyclic) bond motifs is 1. The molecule has 0 aliphatic carbocycles. The number of benzene rings is 1. The Bertz CT molecular complexity index is 704. The molecule has 0 saturated heterocycles. The van der Waals surface area contributed by atoms with Crippen molar-refractivity contribution in [3.8, 4) is 5.75 Å². The van der Waals surface area contributed by atoms with E-state index in [1.807, 2.05) is 56.5 Å². The fourth-order valence-electron chi connectivity index (χ4n) is 1.78. The number of hydrogen-bond donors (Lipinski definition) is 1. The average molecular weight is 442 g/mol. The smallest absolute Gasteiger partial charge is 0.418 e. The number of aromatic nitrogens is 2. The summed E-state index contributed by atoms with van der Waals surface area (Å²) in [7, 11) is -2.21. The number of halogens is 4. The lowest BCUT2D eigenvalue weighted by Gasteiger charge is -2.36. The van der Waals surface area contributed by atoms with E-state index in [9.17, 15) is 13.2 Å². The van der Waals surface area contributed by atoms with Gasteiger partial charge in [-0.1, -0.05) is 20.8 Å². The van der Waals surface area contributed by atoms with Gasteiger partial charge in [0, 0.05) is 5.39 Å². The molecular weight excluding hydrogens is 424 g/mol. The molecule has 0 spiro atoms. The van der Waals surface area contributed by atoms with Crippen LogP contribution >= 0.6 is 22.6 Å². The molecule has 0 bridgehead atoms. The lowest BCUT2D eigenvalue weighted by molar-refractivity contribution is -0.136. The zero-order chi connectivity index (χ0) is 16.9. The Morgan fingerprint density at radius 2 is 1.77 bits per heavy atom. The third-order valence-corrected chi connectivity index (χ3v) is 9.25. The molecule has 0 saturated carbocycles. The minimum Gasteiger partial charge on any atom is -0.543 e. The summed E-state index contributed by atoms with van der Waals surface area (Å²) >= 11 is 1.94. The second-order valence-corrected chi connectivity index (χ2v) is 12.6. The van der Waals surface area contributed by atoms with Crippen molar-refractivity contribution >= 4 is 41.8 Å². The Labute approximate surface area is 141 Å². The summed E-state index contributed by atoms with van der Waals surface area (Å²) in [5.74, 6) is 0.255. The molecule has 0 unspecified atom stereocenters. The molecule has 0 aliphatic rings. The van der Waals surface area contributed by atoms with Crippen LogP contribution in [0.2, 0.25) is 18.1 Å². The van der Waals surface area contributed by atoms with Crippen molar-refractivity contribution in [3.63, 3.8) is 0 Å². The number of nitrogens with zero attached hydrogens (tertiary/aromatic N) is 1. The van der Waals surface area contributed by atoms with Crippen LogP contribution in [0.15, 0.2) is 12.1 Å². The van der Waals surface area contributed by atoms with E-state index in [1.165, 1.54) is 0 Å². The second kappa shape index (κ2) is 5.40. The van der Waals surface area contributed by atoms with Crippen molar-refractivity contribution < 1.29 is 17.6 Å². The van der Waals surface area contributed by atoms with E-state index in [4.69, 9.17) is 4.43 Å². The maximum atomic E-state index is 13.3. The summed E-state index contributed by atoms with van der Waals surface area (Å²) < 4.78 is 46.4. The van der Waals surface area contributed by atoms with Gasteiger partial charge < -0.3 is 4.43 Å². The van der Waals surface area contributed by atoms with Crippen molar-refractivity contribution in [1.82, 2.24) is 10.2 Å². The first kappa shape index (κ1) is 17.6. The van der Waals surface area contributed by atoms with E-state index >= 15 is 0 Å². The van der Waals surface area contributed by atoms with Crippen LogP contribution in [0.3, 0.4) is 0 Å². The monoisotopic (exact) mass is 442 g/mol. The van der Waals surface area contributed by atoms with Gasteiger partial charge in [-0.2, -0.15) is 18.3 Å². The van der Waals surface area contributed by atoms with Crippen LogP contribution < -0.4 is 4.43 Å². The van der Waals surface area contributed by atoms with E-state index in [1.54, 1.807) is 6.07 Å². The largest absolute Gasteiger partial charge is 0.543 e.